The van der Waals surface area contributed by atoms with Crippen molar-refractivity contribution >= 4 is 18.1 Å². The molecule has 3 aromatic carbocycles. The molecule has 0 bridgehead atoms. The van der Waals surface area contributed by atoms with Gasteiger partial charge in [0.2, 0.25) is 12.0 Å². The third kappa shape index (κ3) is 10.6. The Morgan fingerprint density at radius 1 is 0.612 bits per heavy atom. The van der Waals surface area contributed by atoms with Crippen molar-refractivity contribution in [2.75, 3.05) is 34.0 Å². The fraction of sp³-hybridized carbons (Fsp3) is 0.465. The third-order valence-electron chi connectivity index (χ3n) is 11.3. The quantitative estimate of drug-likeness (QED) is 0.0448. The van der Waals surface area contributed by atoms with E-state index in [9.17, 15) is 71.2 Å². The van der Waals surface area contributed by atoms with Gasteiger partial charge in [-0.15, -0.1) is 0 Å². The van der Waals surface area contributed by atoms with Crippen molar-refractivity contribution in [3.05, 3.63) is 71.0 Å². The van der Waals surface area contributed by atoms with Crippen LogP contribution in [0, 0.1) is 0 Å². The molecule has 7 rings (SSSR count). The zero-order valence-electron chi connectivity index (χ0n) is 35.4. The zero-order valence-corrected chi connectivity index (χ0v) is 35.4. The van der Waals surface area contributed by atoms with E-state index in [1.54, 1.807) is 0 Å². The second-order valence-corrected chi connectivity index (χ2v) is 15.7. The van der Waals surface area contributed by atoms with Crippen LogP contribution in [0.1, 0.15) is 22.8 Å². The molecule has 4 aliphatic rings. The molecule has 0 amide bonds. The number of esters is 1. The molecule has 24 heteroatoms. The van der Waals surface area contributed by atoms with Crippen molar-refractivity contribution in [3.8, 4) is 46.0 Å². The van der Waals surface area contributed by atoms with Crippen LogP contribution in [0.25, 0.3) is 12.2 Å². The molecular weight excluding hydrogens is 900 g/mol. The molecule has 3 aromatic rings. The lowest BCUT2D eigenvalue weighted by molar-refractivity contribution is -0.332. The Bertz CT molecular complexity index is 2260. The summed E-state index contributed by atoms with van der Waals surface area (Å²) in [5.74, 6) is -2.94. The van der Waals surface area contributed by atoms with E-state index in [0.29, 0.717) is 5.56 Å². The van der Waals surface area contributed by atoms with Gasteiger partial charge >= 0.3 is 5.97 Å². The van der Waals surface area contributed by atoms with Gasteiger partial charge in [-0.3, -0.25) is 0 Å². The van der Waals surface area contributed by atoms with Crippen molar-refractivity contribution in [2.45, 2.75) is 92.1 Å². The topological polar surface area (TPSA) is 372 Å². The lowest BCUT2D eigenvalue weighted by Gasteiger charge is -2.43. The minimum absolute atomic E-state index is 0.0206. The highest BCUT2D eigenvalue weighted by Crippen LogP contribution is 2.46. The molecule has 15 atom stereocenters. The Morgan fingerprint density at radius 2 is 1.15 bits per heavy atom. The first-order valence-electron chi connectivity index (χ1n) is 20.5. The van der Waals surface area contributed by atoms with E-state index in [1.165, 1.54) is 50.6 Å². The maximum absolute atomic E-state index is 12.5. The molecule has 366 valence electrons. The van der Waals surface area contributed by atoms with Crippen LogP contribution in [0.15, 0.2) is 54.3 Å². The van der Waals surface area contributed by atoms with Gasteiger partial charge in [0, 0.05) is 23.8 Å². The number of aliphatic hydroxyl groups excluding tert-OH is 8. The Labute approximate surface area is 379 Å². The number of phenols is 5. The van der Waals surface area contributed by atoms with Crippen LogP contribution in [-0.2, 0) is 38.0 Å². The van der Waals surface area contributed by atoms with Gasteiger partial charge in [0.05, 0.1) is 33.0 Å². The molecule has 3 fully saturated rings. The summed E-state index contributed by atoms with van der Waals surface area (Å²) < 4.78 is 55.5. The SMILES string of the molecule is COc1cc(/C=C/C(=O)OC[C@H]2O[C@@H](OC[C@H]3O[C@@H](OC[C@H]4O[C@@H](OC5=Cc6c(O)cc(O)cc6OC5c5ccc(O)c(O)c5)[C@H](O)[C@@H](O)[C@H]4O)[C@H](O)[C@@H](O)[C@@H]3O)[C@H](O)[C@H]2O)cc(OC)c1O. The second-order valence-electron chi connectivity index (χ2n) is 15.7. The van der Waals surface area contributed by atoms with Gasteiger partial charge in [0.15, 0.2) is 41.7 Å². The Kier molecular flexibility index (Phi) is 15.2. The molecule has 1 unspecified atom stereocenters. The summed E-state index contributed by atoms with van der Waals surface area (Å²) in [5.41, 5.74) is 0.606. The van der Waals surface area contributed by atoms with Crippen LogP contribution in [-0.4, -0.2) is 192 Å². The second kappa shape index (κ2) is 20.7. The molecule has 67 heavy (non-hydrogen) atoms. The van der Waals surface area contributed by atoms with Crippen LogP contribution >= 0.6 is 0 Å². The van der Waals surface area contributed by atoms with Gasteiger partial charge < -0.3 is 114 Å². The third-order valence-corrected chi connectivity index (χ3v) is 11.3. The number of methoxy groups -OCH3 is 2. The molecule has 24 nitrogen and oxygen atoms in total. The Hall–Kier alpha value is -5.71. The van der Waals surface area contributed by atoms with Crippen molar-refractivity contribution in [1.82, 2.24) is 0 Å². The number of aliphatic hydroxyl groups is 8. The van der Waals surface area contributed by atoms with E-state index in [4.69, 9.17) is 47.4 Å². The molecular formula is C43H50O24. The maximum Gasteiger partial charge on any atom is 0.330 e. The Balaban J connectivity index is 0.956. The van der Waals surface area contributed by atoms with Crippen molar-refractivity contribution < 1.29 is 119 Å². The number of fused-ring (bicyclic) bond motifs is 1. The summed E-state index contributed by atoms with van der Waals surface area (Å²) in [6.45, 7) is -1.91. The predicted octanol–water partition coefficient (Wildman–Crippen LogP) is -1.93. The average molecular weight is 951 g/mol. The fourth-order valence-electron chi connectivity index (χ4n) is 7.51. The number of hydrogen-bond acceptors (Lipinski definition) is 24. The molecule has 4 heterocycles. The minimum Gasteiger partial charge on any atom is -0.508 e. The van der Waals surface area contributed by atoms with Crippen LogP contribution in [0.3, 0.4) is 0 Å². The van der Waals surface area contributed by atoms with Gasteiger partial charge in [-0.1, -0.05) is 6.07 Å². The lowest BCUT2D eigenvalue weighted by atomic mass is 9.98. The van der Waals surface area contributed by atoms with Crippen LogP contribution in [0.5, 0.6) is 46.0 Å². The standard InChI is InChI=1S/C43H50O24/c1-58-24-7-16(8-25(59-2)31(24)49)3-6-30(48)60-13-27-34(52)37(55)41(65-27)61-14-28-32(50)35(53)38(56)42(66-28)62-15-29-33(51)36(54)39(57)43(67-29)64-26-12-19-21(46)10-18(44)11-23(19)63-40(26)17-4-5-20(45)22(47)9-17/h3-12,27-29,32-47,49-57H,13-15H2,1-2H3/b6-3+/t27-,28-,29-,32-,33+,34+,35+,36+,37-,38-,39-,40?,41-,42-,43-/m1/s1. The highest BCUT2D eigenvalue weighted by atomic mass is 16.8. The van der Waals surface area contributed by atoms with Crippen molar-refractivity contribution in [3.63, 3.8) is 0 Å². The molecule has 0 saturated carbocycles. The summed E-state index contributed by atoms with van der Waals surface area (Å²) in [5, 5.41) is 137. The molecule has 0 aromatic heterocycles. The van der Waals surface area contributed by atoms with E-state index < -0.39 is 135 Å². The van der Waals surface area contributed by atoms with E-state index in [1.807, 2.05) is 0 Å². The highest BCUT2D eigenvalue weighted by Gasteiger charge is 2.50. The maximum atomic E-state index is 12.5. The number of hydrogen-bond donors (Lipinski definition) is 13. The number of carbonyl (C=O) groups excluding carboxylic acids is 1. The minimum atomic E-state index is -1.95. The first-order chi connectivity index (χ1) is 31.9. The van der Waals surface area contributed by atoms with Gasteiger partial charge in [-0.05, 0) is 42.0 Å². The predicted molar refractivity (Wildman–Crippen MR) is 219 cm³/mol. The summed E-state index contributed by atoms with van der Waals surface area (Å²) in [7, 11) is 2.66. The normalized spacial score (nSPS) is 32.8. The molecule has 0 radical (unpaired) electrons. The van der Waals surface area contributed by atoms with Crippen molar-refractivity contribution in [1.29, 1.82) is 0 Å². The molecule has 3 saturated heterocycles. The fourth-order valence-corrected chi connectivity index (χ4v) is 7.51. The summed E-state index contributed by atoms with van der Waals surface area (Å²) in [6.07, 6.45) is -21.8. The summed E-state index contributed by atoms with van der Waals surface area (Å²) in [4.78, 5) is 12.5. The van der Waals surface area contributed by atoms with E-state index in [2.05, 4.69) is 0 Å². The number of phenolic OH excluding ortho intramolecular Hbond substituents is 5. The Morgan fingerprint density at radius 3 is 1.73 bits per heavy atom. The smallest absolute Gasteiger partial charge is 0.330 e. The van der Waals surface area contributed by atoms with Gasteiger partial charge in [-0.2, -0.15) is 0 Å². The molecule has 0 aliphatic carbocycles. The van der Waals surface area contributed by atoms with Crippen LogP contribution < -0.4 is 14.2 Å². The zero-order chi connectivity index (χ0) is 48.4. The van der Waals surface area contributed by atoms with E-state index in [-0.39, 0.29) is 45.6 Å². The van der Waals surface area contributed by atoms with Crippen LogP contribution in [0.2, 0.25) is 0 Å². The number of aromatic hydroxyl groups is 5. The van der Waals surface area contributed by atoms with Crippen molar-refractivity contribution in [2.24, 2.45) is 0 Å². The van der Waals surface area contributed by atoms with E-state index >= 15 is 0 Å². The average Bonchev–Trinajstić information content (AvgIpc) is 3.58. The first-order valence-corrected chi connectivity index (χ1v) is 20.5. The lowest BCUT2D eigenvalue weighted by Crippen LogP contribution is -2.62. The van der Waals surface area contributed by atoms with Gasteiger partial charge in [0.25, 0.3) is 0 Å². The van der Waals surface area contributed by atoms with Gasteiger partial charge in [0.1, 0.15) is 96.8 Å². The summed E-state index contributed by atoms with van der Waals surface area (Å²) in [6, 6.07) is 8.73. The number of rotatable bonds is 15. The number of ether oxygens (including phenoxy) is 10. The number of benzene rings is 3. The summed E-state index contributed by atoms with van der Waals surface area (Å²) >= 11 is 0. The molecule has 4 aliphatic heterocycles. The van der Waals surface area contributed by atoms with Gasteiger partial charge in [-0.25, -0.2) is 4.79 Å². The monoisotopic (exact) mass is 950 g/mol. The van der Waals surface area contributed by atoms with Crippen LogP contribution in [0.4, 0.5) is 0 Å². The number of carbonyl (C=O) groups is 1. The highest BCUT2D eigenvalue weighted by molar-refractivity contribution is 5.87. The first kappa shape index (κ1) is 49.2. The molecule has 0 spiro atoms. The largest absolute Gasteiger partial charge is 0.508 e. The molecule has 13 N–H and O–H groups in total. The van der Waals surface area contributed by atoms with E-state index in [0.717, 1.165) is 24.3 Å².